The van der Waals surface area contributed by atoms with Crippen LogP contribution in [0.2, 0.25) is 0 Å². The number of hydrogen-bond acceptors (Lipinski definition) is 2. The molecule has 1 heterocycles. The van der Waals surface area contributed by atoms with E-state index in [1.54, 1.807) is 0 Å². The molecule has 0 amide bonds. The molecule has 0 aromatic heterocycles. The zero-order valence-corrected chi connectivity index (χ0v) is 8.31. The number of piperidine rings is 1. The van der Waals surface area contributed by atoms with Crippen molar-refractivity contribution in [1.29, 1.82) is 0 Å². The minimum Gasteiger partial charge on any atom is -0.381 e. The Bertz CT molecular complexity index is 116. The Kier molecular flexibility index (Phi) is 4.62. The van der Waals surface area contributed by atoms with Crippen LogP contribution in [-0.4, -0.2) is 26.3 Å². The van der Waals surface area contributed by atoms with Crippen molar-refractivity contribution in [3.05, 3.63) is 0 Å². The Balaban J connectivity index is 2.06. The highest BCUT2D eigenvalue weighted by molar-refractivity contribution is 4.73. The summed E-state index contributed by atoms with van der Waals surface area (Å²) >= 11 is 0. The highest BCUT2D eigenvalue weighted by Gasteiger charge is 2.17. The van der Waals surface area contributed by atoms with Gasteiger partial charge in [0, 0.05) is 13.2 Å². The quantitative estimate of drug-likeness (QED) is 0.649. The van der Waals surface area contributed by atoms with E-state index in [2.05, 4.69) is 19.2 Å². The maximum atomic E-state index is 5.53. The molecule has 1 aliphatic rings. The fourth-order valence-corrected chi connectivity index (χ4v) is 1.79. The smallest absolute Gasteiger partial charge is 0.0506 e. The molecular weight excluding hydrogens is 150 g/mol. The predicted octanol–water partition coefficient (Wildman–Crippen LogP) is 1.66. The van der Waals surface area contributed by atoms with Crippen LogP contribution >= 0.6 is 0 Å². The third-order valence-electron chi connectivity index (χ3n) is 2.36. The van der Waals surface area contributed by atoms with E-state index >= 15 is 0 Å². The van der Waals surface area contributed by atoms with Gasteiger partial charge in [-0.2, -0.15) is 0 Å². The summed E-state index contributed by atoms with van der Waals surface area (Å²) in [6, 6.07) is 0. The largest absolute Gasteiger partial charge is 0.381 e. The summed E-state index contributed by atoms with van der Waals surface area (Å²) < 4.78 is 5.53. The van der Waals surface area contributed by atoms with E-state index in [0.29, 0.717) is 0 Å². The molecule has 2 unspecified atom stereocenters. The molecule has 0 aromatic rings. The van der Waals surface area contributed by atoms with Crippen LogP contribution in [-0.2, 0) is 4.74 Å². The first-order chi connectivity index (χ1) is 5.83. The van der Waals surface area contributed by atoms with E-state index in [0.717, 1.165) is 38.0 Å². The Morgan fingerprint density at radius 1 is 1.42 bits per heavy atom. The summed E-state index contributed by atoms with van der Waals surface area (Å²) in [5, 5.41) is 3.43. The molecule has 0 aromatic carbocycles. The average molecular weight is 171 g/mol. The van der Waals surface area contributed by atoms with Crippen LogP contribution in [0.5, 0.6) is 0 Å². The van der Waals surface area contributed by atoms with E-state index in [4.69, 9.17) is 4.74 Å². The van der Waals surface area contributed by atoms with Crippen LogP contribution in [0, 0.1) is 11.8 Å². The third kappa shape index (κ3) is 3.55. The summed E-state index contributed by atoms with van der Waals surface area (Å²) in [5.41, 5.74) is 0. The molecule has 2 heteroatoms. The van der Waals surface area contributed by atoms with Crippen LogP contribution in [0.4, 0.5) is 0 Å². The van der Waals surface area contributed by atoms with Gasteiger partial charge in [0.15, 0.2) is 0 Å². The van der Waals surface area contributed by atoms with E-state index in [1.807, 2.05) is 0 Å². The topological polar surface area (TPSA) is 21.3 Å². The highest BCUT2D eigenvalue weighted by atomic mass is 16.5. The molecule has 0 bridgehead atoms. The monoisotopic (exact) mass is 171 g/mol. The van der Waals surface area contributed by atoms with Crippen molar-refractivity contribution in [2.45, 2.75) is 26.7 Å². The lowest BCUT2D eigenvalue weighted by molar-refractivity contribution is 0.0824. The Morgan fingerprint density at radius 2 is 2.25 bits per heavy atom. The zero-order valence-electron chi connectivity index (χ0n) is 8.31. The van der Waals surface area contributed by atoms with Gasteiger partial charge in [0.2, 0.25) is 0 Å². The molecule has 0 radical (unpaired) electrons. The van der Waals surface area contributed by atoms with E-state index < -0.39 is 0 Å². The first-order valence-electron chi connectivity index (χ1n) is 5.11. The fourth-order valence-electron chi connectivity index (χ4n) is 1.79. The SMILES string of the molecule is CCCOCC1CNCC(C)C1. The van der Waals surface area contributed by atoms with Gasteiger partial charge in [0.05, 0.1) is 6.61 Å². The molecule has 2 atom stereocenters. The second-order valence-corrected chi connectivity index (χ2v) is 3.94. The lowest BCUT2D eigenvalue weighted by atomic mass is 9.93. The summed E-state index contributed by atoms with van der Waals surface area (Å²) in [7, 11) is 0. The van der Waals surface area contributed by atoms with E-state index in [9.17, 15) is 0 Å². The molecule has 12 heavy (non-hydrogen) atoms. The van der Waals surface area contributed by atoms with Gasteiger partial charge in [0.25, 0.3) is 0 Å². The van der Waals surface area contributed by atoms with E-state index in [-0.39, 0.29) is 0 Å². The summed E-state index contributed by atoms with van der Waals surface area (Å²) in [6.07, 6.45) is 2.46. The lowest BCUT2D eigenvalue weighted by Gasteiger charge is -2.27. The Labute approximate surface area is 75.7 Å². The van der Waals surface area contributed by atoms with Crippen molar-refractivity contribution >= 4 is 0 Å². The summed E-state index contributed by atoms with van der Waals surface area (Å²) in [4.78, 5) is 0. The molecular formula is C10H21NO. The predicted molar refractivity (Wildman–Crippen MR) is 51.3 cm³/mol. The molecule has 0 spiro atoms. The van der Waals surface area contributed by atoms with Gasteiger partial charge in [-0.1, -0.05) is 13.8 Å². The lowest BCUT2D eigenvalue weighted by Crippen LogP contribution is -2.37. The van der Waals surface area contributed by atoms with Crippen molar-refractivity contribution in [2.75, 3.05) is 26.3 Å². The number of hydrogen-bond donors (Lipinski definition) is 1. The number of ether oxygens (including phenoxy) is 1. The maximum Gasteiger partial charge on any atom is 0.0506 e. The van der Waals surface area contributed by atoms with Crippen molar-refractivity contribution in [1.82, 2.24) is 5.32 Å². The van der Waals surface area contributed by atoms with Gasteiger partial charge < -0.3 is 10.1 Å². The van der Waals surface area contributed by atoms with Crippen molar-refractivity contribution in [2.24, 2.45) is 11.8 Å². The van der Waals surface area contributed by atoms with Gasteiger partial charge in [-0.3, -0.25) is 0 Å². The molecule has 1 rings (SSSR count). The summed E-state index contributed by atoms with van der Waals surface area (Å²) in [6.45, 7) is 8.66. The molecule has 2 nitrogen and oxygen atoms in total. The molecule has 1 aliphatic heterocycles. The standard InChI is InChI=1S/C10H21NO/c1-3-4-12-8-10-5-9(2)6-11-7-10/h9-11H,3-8H2,1-2H3. The molecule has 0 saturated carbocycles. The minimum atomic E-state index is 0.750. The van der Waals surface area contributed by atoms with Crippen molar-refractivity contribution in [3.8, 4) is 0 Å². The Morgan fingerprint density at radius 3 is 2.92 bits per heavy atom. The third-order valence-corrected chi connectivity index (χ3v) is 2.36. The molecule has 1 fully saturated rings. The minimum absolute atomic E-state index is 0.750. The first-order valence-corrected chi connectivity index (χ1v) is 5.11. The number of rotatable bonds is 4. The van der Waals surface area contributed by atoms with Gasteiger partial charge in [-0.05, 0) is 31.2 Å². The van der Waals surface area contributed by atoms with Crippen LogP contribution < -0.4 is 5.32 Å². The van der Waals surface area contributed by atoms with Crippen molar-refractivity contribution in [3.63, 3.8) is 0 Å². The van der Waals surface area contributed by atoms with Crippen LogP contribution in [0.1, 0.15) is 26.7 Å². The van der Waals surface area contributed by atoms with Crippen LogP contribution in [0.3, 0.4) is 0 Å². The van der Waals surface area contributed by atoms with Crippen molar-refractivity contribution < 1.29 is 4.74 Å². The molecule has 1 N–H and O–H groups in total. The van der Waals surface area contributed by atoms with Gasteiger partial charge in [-0.15, -0.1) is 0 Å². The normalized spacial score (nSPS) is 30.5. The van der Waals surface area contributed by atoms with Gasteiger partial charge in [-0.25, -0.2) is 0 Å². The fraction of sp³-hybridized carbons (Fsp3) is 1.00. The molecule has 0 aliphatic carbocycles. The van der Waals surface area contributed by atoms with Crippen LogP contribution in [0.25, 0.3) is 0 Å². The first kappa shape index (κ1) is 10.0. The number of nitrogens with one attached hydrogen (secondary N) is 1. The second-order valence-electron chi connectivity index (χ2n) is 3.94. The molecule has 1 saturated heterocycles. The van der Waals surface area contributed by atoms with Gasteiger partial charge >= 0.3 is 0 Å². The van der Waals surface area contributed by atoms with E-state index in [1.165, 1.54) is 13.0 Å². The maximum absolute atomic E-state index is 5.53. The molecule has 72 valence electrons. The second kappa shape index (κ2) is 5.55. The van der Waals surface area contributed by atoms with Gasteiger partial charge in [0.1, 0.15) is 0 Å². The highest BCUT2D eigenvalue weighted by Crippen LogP contribution is 2.15. The average Bonchev–Trinajstić information content (AvgIpc) is 2.05. The van der Waals surface area contributed by atoms with Crippen LogP contribution in [0.15, 0.2) is 0 Å². The summed E-state index contributed by atoms with van der Waals surface area (Å²) in [5.74, 6) is 1.58. The zero-order chi connectivity index (χ0) is 8.81. The Hall–Kier alpha value is -0.0800.